The van der Waals surface area contributed by atoms with Crippen molar-refractivity contribution in [2.45, 2.75) is 70.9 Å². The summed E-state index contributed by atoms with van der Waals surface area (Å²) in [5, 5.41) is 14.2. The van der Waals surface area contributed by atoms with Crippen molar-refractivity contribution in [1.82, 2.24) is 35.1 Å². The molecule has 14 nitrogen and oxygen atoms in total. The lowest BCUT2D eigenvalue weighted by Crippen LogP contribution is -2.51. The molecule has 2 aromatic heterocycles. The van der Waals surface area contributed by atoms with E-state index in [0.29, 0.717) is 44.4 Å². The van der Waals surface area contributed by atoms with Crippen molar-refractivity contribution in [2.24, 2.45) is 5.92 Å². The number of likely N-dealkylation sites (tertiary alicyclic amines) is 2. The lowest BCUT2D eigenvalue weighted by atomic mass is 9.92. The van der Waals surface area contributed by atoms with Gasteiger partial charge < -0.3 is 39.5 Å². The molecule has 0 spiro atoms. The van der Waals surface area contributed by atoms with E-state index in [9.17, 15) is 19.5 Å². The third kappa shape index (κ3) is 6.20. The summed E-state index contributed by atoms with van der Waals surface area (Å²) in [6, 6.07) is 13.1. The average molecular weight is 722 g/mol. The number of carbonyl (C=O) groups excluding carboxylic acids is 2. The molecule has 4 atom stereocenters. The highest BCUT2D eigenvalue weighted by Crippen LogP contribution is 2.43. The van der Waals surface area contributed by atoms with Crippen LogP contribution in [0.15, 0.2) is 48.7 Å². The first kappa shape index (κ1) is 34.5. The SMILES string of the molecule is CCO[C@H]1C[C@@H](c2nc3c(ccc4cc5c(cc43)OCc3cc(-c4cnc([C@@H]6CCCN6C(=O)O)[nH]4)ccc3-5)[nH]2)N(C(=O)C(NC(=O)OC)C(C)C)C1. The summed E-state index contributed by atoms with van der Waals surface area (Å²) in [7, 11) is 1.28. The number of methoxy groups -OCH3 is 1. The topological polar surface area (TPSA) is 175 Å². The molecule has 3 aromatic carbocycles. The molecule has 276 valence electrons. The van der Waals surface area contributed by atoms with Crippen LogP contribution in [0.4, 0.5) is 9.59 Å². The molecule has 1 unspecified atom stereocenters. The van der Waals surface area contributed by atoms with E-state index in [4.69, 9.17) is 19.2 Å². The molecule has 5 heterocycles. The Morgan fingerprint density at radius 1 is 1.06 bits per heavy atom. The highest BCUT2D eigenvalue weighted by Gasteiger charge is 2.42. The molecular formula is C39H43N7O7. The van der Waals surface area contributed by atoms with Gasteiger partial charge in [0.2, 0.25) is 5.91 Å². The summed E-state index contributed by atoms with van der Waals surface area (Å²) < 4.78 is 17.2. The van der Waals surface area contributed by atoms with Crippen molar-refractivity contribution >= 4 is 39.9 Å². The van der Waals surface area contributed by atoms with Crippen LogP contribution in [0, 0.1) is 5.92 Å². The Labute approximate surface area is 305 Å². The highest BCUT2D eigenvalue weighted by molar-refractivity contribution is 6.07. The van der Waals surface area contributed by atoms with Crippen molar-refractivity contribution < 1.29 is 33.7 Å². The van der Waals surface area contributed by atoms with Crippen molar-refractivity contribution in [1.29, 1.82) is 0 Å². The largest absolute Gasteiger partial charge is 0.488 e. The Kier molecular flexibility index (Phi) is 8.93. The number of H-pyrrole nitrogens is 2. The number of fused-ring (bicyclic) bond motifs is 6. The van der Waals surface area contributed by atoms with Crippen molar-refractivity contribution in [3.8, 4) is 28.1 Å². The summed E-state index contributed by atoms with van der Waals surface area (Å²) in [6.45, 7) is 7.52. The molecule has 3 aliphatic rings. The van der Waals surface area contributed by atoms with Crippen LogP contribution in [0.1, 0.15) is 69.3 Å². The Morgan fingerprint density at radius 2 is 1.91 bits per heavy atom. The van der Waals surface area contributed by atoms with Crippen molar-refractivity contribution in [3.05, 3.63) is 65.9 Å². The predicted octanol–water partition coefficient (Wildman–Crippen LogP) is 6.54. The Bertz CT molecular complexity index is 2230. The lowest BCUT2D eigenvalue weighted by molar-refractivity contribution is -0.136. The van der Waals surface area contributed by atoms with Gasteiger partial charge in [-0.3, -0.25) is 9.69 Å². The molecule has 3 amide bonds. The summed E-state index contributed by atoms with van der Waals surface area (Å²) in [5.74, 6) is 1.71. The fourth-order valence-corrected chi connectivity index (χ4v) is 8.10. The third-order valence-electron chi connectivity index (χ3n) is 10.7. The summed E-state index contributed by atoms with van der Waals surface area (Å²) >= 11 is 0. The van der Waals surface area contributed by atoms with Gasteiger partial charge in [0.15, 0.2) is 0 Å². The number of nitrogens with zero attached hydrogens (tertiary/aromatic N) is 4. The Balaban J connectivity index is 1.09. The molecule has 3 aliphatic heterocycles. The summed E-state index contributed by atoms with van der Waals surface area (Å²) in [5.41, 5.74) is 6.51. The van der Waals surface area contributed by atoms with Crippen LogP contribution in [0.2, 0.25) is 0 Å². The zero-order valence-electron chi connectivity index (χ0n) is 30.1. The summed E-state index contributed by atoms with van der Waals surface area (Å²) in [6.07, 6.45) is 2.15. The van der Waals surface area contributed by atoms with Gasteiger partial charge in [-0.25, -0.2) is 19.6 Å². The second-order valence-electron chi connectivity index (χ2n) is 14.3. The number of aromatic amines is 2. The number of carboxylic acid groups (broad SMARTS) is 1. The molecule has 14 heteroatoms. The van der Waals surface area contributed by atoms with Gasteiger partial charge in [-0.15, -0.1) is 0 Å². The second kappa shape index (κ2) is 13.7. The van der Waals surface area contributed by atoms with Crippen LogP contribution in [-0.2, 0) is 20.9 Å². The molecule has 0 radical (unpaired) electrons. The van der Waals surface area contributed by atoms with Gasteiger partial charge in [-0.1, -0.05) is 32.0 Å². The molecule has 0 aliphatic carbocycles. The van der Waals surface area contributed by atoms with Gasteiger partial charge in [0.1, 0.15) is 30.0 Å². The number of nitrogens with one attached hydrogen (secondary N) is 3. The fraction of sp³-hybridized carbons (Fsp3) is 0.410. The number of ether oxygens (including phenoxy) is 3. The molecule has 0 saturated carbocycles. The highest BCUT2D eigenvalue weighted by atomic mass is 16.5. The number of hydrogen-bond donors (Lipinski definition) is 4. The maximum atomic E-state index is 14.0. The van der Waals surface area contributed by atoms with E-state index in [2.05, 4.69) is 50.6 Å². The van der Waals surface area contributed by atoms with Gasteiger partial charge in [0, 0.05) is 37.1 Å². The average Bonchev–Trinajstić information content (AvgIpc) is 3.98. The van der Waals surface area contributed by atoms with Gasteiger partial charge >= 0.3 is 12.2 Å². The Hall–Kier alpha value is -5.63. The standard InChI is InChI=1S/C39H43N7O7/c1-5-52-24-15-31(46(18-24)37(47)33(20(2)3)44-38(48)51-4)36-41-28-11-9-21-14-27-25-10-8-22(13-23(25)19-53-32(27)16-26(21)34(28)43-36)29-17-40-35(42-29)30-7-6-12-45(30)39(49)50/h8-11,13-14,16-17,20,24,30-31,33H,5-7,12,15,18-19H2,1-4H3,(H,40,42)(H,41,43)(H,44,48)(H,49,50)/t24-,30-,31-,33?/m0/s1. The van der Waals surface area contributed by atoms with Crippen molar-refractivity contribution in [3.63, 3.8) is 0 Å². The predicted molar refractivity (Wildman–Crippen MR) is 196 cm³/mol. The Morgan fingerprint density at radius 3 is 2.68 bits per heavy atom. The molecule has 5 aromatic rings. The molecule has 2 fully saturated rings. The fourth-order valence-electron chi connectivity index (χ4n) is 8.10. The normalized spacial score (nSPS) is 20.1. The number of rotatable bonds is 8. The van der Waals surface area contributed by atoms with Crippen LogP contribution < -0.4 is 10.1 Å². The first-order chi connectivity index (χ1) is 25.6. The van der Waals surface area contributed by atoms with E-state index >= 15 is 0 Å². The number of hydrogen-bond acceptors (Lipinski definition) is 8. The minimum absolute atomic E-state index is 0.164. The summed E-state index contributed by atoms with van der Waals surface area (Å²) in [4.78, 5) is 57.5. The molecule has 0 bridgehead atoms. The van der Waals surface area contributed by atoms with Crippen LogP contribution in [0.25, 0.3) is 44.2 Å². The number of carbonyl (C=O) groups is 3. The van der Waals surface area contributed by atoms with Gasteiger partial charge in [0.25, 0.3) is 0 Å². The quantitative estimate of drug-likeness (QED) is 0.139. The molecular weight excluding hydrogens is 678 g/mol. The van der Waals surface area contributed by atoms with E-state index < -0.39 is 18.2 Å². The van der Waals surface area contributed by atoms with Gasteiger partial charge in [0.05, 0.1) is 48.2 Å². The molecule has 2 saturated heterocycles. The maximum absolute atomic E-state index is 14.0. The van der Waals surface area contributed by atoms with Gasteiger partial charge in [-0.05, 0) is 72.0 Å². The van der Waals surface area contributed by atoms with Crippen molar-refractivity contribution in [2.75, 3.05) is 26.8 Å². The second-order valence-corrected chi connectivity index (χ2v) is 14.3. The smallest absolute Gasteiger partial charge is 0.407 e. The van der Waals surface area contributed by atoms with E-state index in [0.717, 1.165) is 68.3 Å². The molecule has 4 N–H and O–H groups in total. The molecule has 53 heavy (non-hydrogen) atoms. The number of aromatic nitrogens is 4. The van der Waals surface area contributed by atoms with Crippen LogP contribution in [-0.4, -0.2) is 91.9 Å². The number of imidazole rings is 2. The van der Waals surface area contributed by atoms with Crippen LogP contribution in [0.3, 0.4) is 0 Å². The third-order valence-corrected chi connectivity index (χ3v) is 10.7. The zero-order chi connectivity index (χ0) is 37.0. The minimum Gasteiger partial charge on any atom is -0.488 e. The monoisotopic (exact) mass is 721 g/mol. The number of benzene rings is 3. The molecule has 8 rings (SSSR count). The van der Waals surface area contributed by atoms with Gasteiger partial charge in [-0.2, -0.15) is 0 Å². The number of amides is 3. The van der Waals surface area contributed by atoms with Crippen LogP contribution >= 0.6 is 0 Å². The van der Waals surface area contributed by atoms with E-state index in [-0.39, 0.29) is 30.0 Å². The van der Waals surface area contributed by atoms with E-state index in [1.807, 2.05) is 32.9 Å². The minimum atomic E-state index is -0.926. The van der Waals surface area contributed by atoms with E-state index in [1.165, 1.54) is 12.0 Å². The number of alkyl carbamates (subject to hydrolysis) is 1. The first-order valence-corrected chi connectivity index (χ1v) is 18.2. The zero-order valence-corrected chi connectivity index (χ0v) is 30.1. The maximum Gasteiger partial charge on any atom is 0.407 e. The van der Waals surface area contributed by atoms with E-state index in [1.54, 1.807) is 11.1 Å². The van der Waals surface area contributed by atoms with Crippen LogP contribution in [0.5, 0.6) is 5.75 Å². The first-order valence-electron chi connectivity index (χ1n) is 18.2. The lowest BCUT2D eigenvalue weighted by Gasteiger charge is -2.29.